The summed E-state index contributed by atoms with van der Waals surface area (Å²) in [5.74, 6) is 0.706. The molecule has 2 aromatic rings. The molecule has 0 fully saturated rings. The molecule has 106 valence electrons. The van der Waals surface area contributed by atoms with Crippen LogP contribution in [0.3, 0.4) is 0 Å². The summed E-state index contributed by atoms with van der Waals surface area (Å²) in [5.41, 5.74) is 1.80. The second-order valence-corrected chi connectivity index (χ2v) is 5.01. The normalized spacial score (nSPS) is 10.8. The van der Waals surface area contributed by atoms with E-state index in [-0.39, 0.29) is 11.9 Å². The standard InChI is InChI=1S/C14H19N5O/c1-10(2)19-13(16-17-18-19)8-9-15-14(20)12-6-4-11(3)5-7-12/h4-7,10H,8-9H2,1-3H3,(H,15,20). The molecule has 0 unspecified atom stereocenters. The van der Waals surface area contributed by atoms with E-state index in [0.717, 1.165) is 11.4 Å². The molecule has 0 bridgehead atoms. The molecule has 1 heterocycles. The quantitative estimate of drug-likeness (QED) is 0.896. The van der Waals surface area contributed by atoms with Crippen molar-refractivity contribution in [3.63, 3.8) is 0 Å². The first-order chi connectivity index (χ1) is 9.58. The summed E-state index contributed by atoms with van der Waals surface area (Å²) in [5, 5.41) is 14.4. The Morgan fingerprint density at radius 2 is 2.00 bits per heavy atom. The maximum Gasteiger partial charge on any atom is 0.251 e. The van der Waals surface area contributed by atoms with Gasteiger partial charge in [-0.15, -0.1) is 5.10 Å². The molecule has 0 radical (unpaired) electrons. The monoisotopic (exact) mass is 273 g/mol. The van der Waals surface area contributed by atoms with E-state index in [4.69, 9.17) is 0 Å². The third kappa shape index (κ3) is 3.40. The molecule has 2 rings (SSSR count). The van der Waals surface area contributed by atoms with Crippen molar-refractivity contribution in [1.82, 2.24) is 25.5 Å². The van der Waals surface area contributed by atoms with Crippen LogP contribution in [0.5, 0.6) is 0 Å². The van der Waals surface area contributed by atoms with Crippen molar-refractivity contribution < 1.29 is 4.79 Å². The zero-order valence-electron chi connectivity index (χ0n) is 12.0. The summed E-state index contributed by atoms with van der Waals surface area (Å²) < 4.78 is 1.76. The van der Waals surface area contributed by atoms with Crippen molar-refractivity contribution in [2.24, 2.45) is 0 Å². The average Bonchev–Trinajstić information content (AvgIpc) is 2.88. The molecule has 1 aromatic carbocycles. The van der Waals surface area contributed by atoms with E-state index >= 15 is 0 Å². The van der Waals surface area contributed by atoms with Crippen molar-refractivity contribution in [2.45, 2.75) is 33.2 Å². The topological polar surface area (TPSA) is 72.7 Å². The van der Waals surface area contributed by atoms with Crippen molar-refractivity contribution in [3.8, 4) is 0 Å². The van der Waals surface area contributed by atoms with Crippen molar-refractivity contribution >= 4 is 5.91 Å². The predicted octanol–water partition coefficient (Wildman–Crippen LogP) is 1.53. The van der Waals surface area contributed by atoms with Crippen LogP contribution in [0.15, 0.2) is 24.3 Å². The molecule has 0 spiro atoms. The fourth-order valence-electron chi connectivity index (χ4n) is 1.87. The van der Waals surface area contributed by atoms with Gasteiger partial charge in [0.25, 0.3) is 5.91 Å². The summed E-state index contributed by atoms with van der Waals surface area (Å²) in [4.78, 5) is 11.9. The number of hydrogen-bond donors (Lipinski definition) is 1. The summed E-state index contributed by atoms with van der Waals surface area (Å²) in [7, 11) is 0. The lowest BCUT2D eigenvalue weighted by Gasteiger charge is -2.08. The smallest absolute Gasteiger partial charge is 0.251 e. The fourth-order valence-corrected chi connectivity index (χ4v) is 1.87. The van der Waals surface area contributed by atoms with E-state index in [1.807, 2.05) is 45.0 Å². The van der Waals surface area contributed by atoms with Gasteiger partial charge in [-0.2, -0.15) is 0 Å². The summed E-state index contributed by atoms with van der Waals surface area (Å²) in [6, 6.07) is 7.71. The lowest BCUT2D eigenvalue weighted by molar-refractivity contribution is 0.0954. The molecular weight excluding hydrogens is 254 g/mol. The van der Waals surface area contributed by atoms with Crippen LogP contribution in [0, 0.1) is 6.92 Å². The van der Waals surface area contributed by atoms with Gasteiger partial charge in [0.2, 0.25) is 0 Å². The Kier molecular flexibility index (Phi) is 4.45. The van der Waals surface area contributed by atoms with Crippen LogP contribution in [0.25, 0.3) is 0 Å². The highest BCUT2D eigenvalue weighted by Gasteiger charge is 2.10. The number of tetrazole rings is 1. The highest BCUT2D eigenvalue weighted by Crippen LogP contribution is 2.05. The van der Waals surface area contributed by atoms with Gasteiger partial charge in [-0.1, -0.05) is 17.7 Å². The molecule has 1 aromatic heterocycles. The van der Waals surface area contributed by atoms with E-state index in [1.54, 1.807) is 4.68 Å². The Bertz CT molecular complexity index is 574. The first-order valence-corrected chi connectivity index (χ1v) is 6.69. The number of benzene rings is 1. The SMILES string of the molecule is Cc1ccc(C(=O)NCCc2nnnn2C(C)C)cc1. The summed E-state index contributed by atoms with van der Waals surface area (Å²) >= 11 is 0. The van der Waals surface area contributed by atoms with Crippen molar-refractivity contribution in [3.05, 3.63) is 41.2 Å². The minimum absolute atomic E-state index is 0.0754. The Morgan fingerprint density at radius 1 is 1.30 bits per heavy atom. The third-order valence-electron chi connectivity index (χ3n) is 3.00. The maximum absolute atomic E-state index is 11.9. The van der Waals surface area contributed by atoms with Gasteiger partial charge in [0, 0.05) is 18.5 Å². The number of aromatic nitrogens is 4. The largest absolute Gasteiger partial charge is 0.352 e. The van der Waals surface area contributed by atoms with Gasteiger partial charge in [-0.25, -0.2) is 4.68 Å². The maximum atomic E-state index is 11.9. The first-order valence-electron chi connectivity index (χ1n) is 6.69. The Morgan fingerprint density at radius 3 is 2.65 bits per heavy atom. The van der Waals surface area contributed by atoms with Crippen LogP contribution in [-0.4, -0.2) is 32.7 Å². The van der Waals surface area contributed by atoms with Gasteiger partial charge in [0.1, 0.15) is 0 Å². The molecule has 1 N–H and O–H groups in total. The Hall–Kier alpha value is -2.24. The molecule has 0 saturated heterocycles. The molecule has 1 amide bonds. The average molecular weight is 273 g/mol. The lowest BCUT2D eigenvalue weighted by atomic mass is 10.1. The Labute approximate surface area is 118 Å². The number of nitrogens with zero attached hydrogens (tertiary/aromatic N) is 4. The van der Waals surface area contributed by atoms with Crippen LogP contribution in [0.2, 0.25) is 0 Å². The molecule has 0 saturated carbocycles. The van der Waals surface area contributed by atoms with Gasteiger partial charge < -0.3 is 5.32 Å². The number of aryl methyl sites for hydroxylation is 1. The van der Waals surface area contributed by atoms with Gasteiger partial charge in [-0.3, -0.25) is 4.79 Å². The first kappa shape index (κ1) is 14.2. The van der Waals surface area contributed by atoms with Gasteiger partial charge in [0.15, 0.2) is 5.82 Å². The van der Waals surface area contributed by atoms with Gasteiger partial charge in [0.05, 0.1) is 6.04 Å². The fraction of sp³-hybridized carbons (Fsp3) is 0.429. The molecule has 0 atom stereocenters. The summed E-state index contributed by atoms with van der Waals surface area (Å²) in [6.07, 6.45) is 0.614. The summed E-state index contributed by atoms with van der Waals surface area (Å²) in [6.45, 7) is 6.54. The molecule has 6 heteroatoms. The van der Waals surface area contributed by atoms with Crippen molar-refractivity contribution in [1.29, 1.82) is 0 Å². The lowest BCUT2D eigenvalue weighted by Crippen LogP contribution is -2.26. The number of nitrogens with one attached hydrogen (secondary N) is 1. The molecule has 6 nitrogen and oxygen atoms in total. The second-order valence-electron chi connectivity index (χ2n) is 5.01. The zero-order chi connectivity index (χ0) is 14.5. The minimum Gasteiger partial charge on any atom is -0.352 e. The van der Waals surface area contributed by atoms with E-state index in [0.29, 0.717) is 18.5 Å². The van der Waals surface area contributed by atoms with Crippen LogP contribution in [0.4, 0.5) is 0 Å². The highest BCUT2D eigenvalue weighted by molar-refractivity contribution is 5.94. The number of rotatable bonds is 5. The van der Waals surface area contributed by atoms with E-state index in [2.05, 4.69) is 20.8 Å². The molecule has 0 aliphatic carbocycles. The van der Waals surface area contributed by atoms with Crippen LogP contribution >= 0.6 is 0 Å². The number of hydrogen-bond acceptors (Lipinski definition) is 4. The van der Waals surface area contributed by atoms with Crippen LogP contribution in [-0.2, 0) is 6.42 Å². The van der Waals surface area contributed by atoms with Crippen LogP contribution in [0.1, 0.15) is 41.6 Å². The predicted molar refractivity (Wildman–Crippen MR) is 75.4 cm³/mol. The molecule has 0 aliphatic heterocycles. The third-order valence-corrected chi connectivity index (χ3v) is 3.00. The van der Waals surface area contributed by atoms with Crippen molar-refractivity contribution in [2.75, 3.05) is 6.54 Å². The zero-order valence-corrected chi connectivity index (χ0v) is 12.0. The van der Waals surface area contributed by atoms with E-state index < -0.39 is 0 Å². The Balaban J connectivity index is 1.88. The number of amides is 1. The van der Waals surface area contributed by atoms with Crippen LogP contribution < -0.4 is 5.32 Å². The molecular formula is C14H19N5O. The molecule has 20 heavy (non-hydrogen) atoms. The number of carbonyl (C=O) groups excluding carboxylic acids is 1. The van der Waals surface area contributed by atoms with E-state index in [1.165, 1.54) is 0 Å². The van der Waals surface area contributed by atoms with E-state index in [9.17, 15) is 4.79 Å². The highest BCUT2D eigenvalue weighted by atomic mass is 16.1. The minimum atomic E-state index is -0.0754. The number of carbonyl (C=O) groups is 1. The van der Waals surface area contributed by atoms with Gasteiger partial charge >= 0.3 is 0 Å². The van der Waals surface area contributed by atoms with Gasteiger partial charge in [-0.05, 0) is 43.3 Å². The molecule has 0 aliphatic rings. The second kappa shape index (κ2) is 6.27.